The third kappa shape index (κ3) is 5.69. The van der Waals surface area contributed by atoms with Crippen molar-refractivity contribution in [3.63, 3.8) is 0 Å². The van der Waals surface area contributed by atoms with Crippen LogP contribution < -0.4 is 15.4 Å². The van der Waals surface area contributed by atoms with Gasteiger partial charge < -0.3 is 20.1 Å². The standard InChI is InChI=1S/C18H30N4O2/c1-4-19-18(20-13-15(2)22-9-11-24-12-10-22)21-14-16-7-5-6-8-17(16)23-3/h5-8,15H,4,9-14H2,1-3H3,(H2,19,20,21). The van der Waals surface area contributed by atoms with Gasteiger partial charge in [-0.1, -0.05) is 18.2 Å². The highest BCUT2D eigenvalue weighted by Crippen LogP contribution is 2.17. The van der Waals surface area contributed by atoms with E-state index in [1.807, 2.05) is 24.3 Å². The summed E-state index contributed by atoms with van der Waals surface area (Å²) in [5, 5.41) is 6.74. The van der Waals surface area contributed by atoms with Crippen molar-refractivity contribution in [2.45, 2.75) is 26.4 Å². The summed E-state index contributed by atoms with van der Waals surface area (Å²) in [6.07, 6.45) is 0. The normalized spacial score (nSPS) is 17.4. The van der Waals surface area contributed by atoms with E-state index in [0.717, 1.165) is 56.7 Å². The Balaban J connectivity index is 1.90. The number of aliphatic imine (C=N–C) groups is 1. The van der Waals surface area contributed by atoms with Crippen LogP contribution in [0.3, 0.4) is 0 Å². The number of rotatable bonds is 7. The molecule has 6 heteroatoms. The molecular weight excluding hydrogens is 304 g/mol. The maximum absolute atomic E-state index is 5.41. The molecule has 0 spiro atoms. The van der Waals surface area contributed by atoms with Gasteiger partial charge in [0.2, 0.25) is 0 Å². The lowest BCUT2D eigenvalue weighted by Crippen LogP contribution is -2.49. The van der Waals surface area contributed by atoms with Gasteiger partial charge in [0.05, 0.1) is 26.9 Å². The third-order valence-electron chi connectivity index (χ3n) is 4.18. The van der Waals surface area contributed by atoms with E-state index in [0.29, 0.717) is 12.6 Å². The number of benzene rings is 1. The van der Waals surface area contributed by atoms with Gasteiger partial charge in [-0.25, -0.2) is 4.99 Å². The maximum Gasteiger partial charge on any atom is 0.191 e. The molecule has 0 saturated carbocycles. The van der Waals surface area contributed by atoms with E-state index >= 15 is 0 Å². The van der Waals surface area contributed by atoms with E-state index in [4.69, 9.17) is 9.47 Å². The average Bonchev–Trinajstić information content (AvgIpc) is 2.64. The van der Waals surface area contributed by atoms with Crippen LogP contribution in [-0.2, 0) is 11.3 Å². The van der Waals surface area contributed by atoms with Crippen LogP contribution in [0.5, 0.6) is 5.75 Å². The van der Waals surface area contributed by atoms with E-state index in [9.17, 15) is 0 Å². The fraction of sp³-hybridized carbons (Fsp3) is 0.611. The molecule has 0 radical (unpaired) electrons. The number of nitrogens with one attached hydrogen (secondary N) is 2. The molecule has 0 aliphatic carbocycles. The molecule has 134 valence electrons. The van der Waals surface area contributed by atoms with Crippen molar-refractivity contribution in [2.24, 2.45) is 4.99 Å². The largest absolute Gasteiger partial charge is 0.496 e. The number of morpholine rings is 1. The molecule has 2 N–H and O–H groups in total. The second-order valence-electron chi connectivity index (χ2n) is 5.89. The van der Waals surface area contributed by atoms with Gasteiger partial charge >= 0.3 is 0 Å². The van der Waals surface area contributed by atoms with Gasteiger partial charge in [-0.15, -0.1) is 0 Å². The smallest absolute Gasteiger partial charge is 0.191 e. The van der Waals surface area contributed by atoms with Crippen molar-refractivity contribution in [3.05, 3.63) is 29.8 Å². The van der Waals surface area contributed by atoms with Crippen LogP contribution in [0.1, 0.15) is 19.4 Å². The minimum atomic E-state index is 0.448. The van der Waals surface area contributed by atoms with Crippen LogP contribution in [0.2, 0.25) is 0 Å². The van der Waals surface area contributed by atoms with Gasteiger partial charge in [0, 0.05) is 37.8 Å². The van der Waals surface area contributed by atoms with Crippen molar-refractivity contribution in [1.29, 1.82) is 0 Å². The van der Waals surface area contributed by atoms with Crippen LogP contribution in [-0.4, -0.2) is 63.4 Å². The summed E-state index contributed by atoms with van der Waals surface area (Å²) in [5.74, 6) is 1.71. The van der Waals surface area contributed by atoms with Crippen LogP contribution >= 0.6 is 0 Å². The number of ether oxygens (including phenoxy) is 2. The first-order chi connectivity index (χ1) is 11.7. The topological polar surface area (TPSA) is 58.1 Å². The summed E-state index contributed by atoms with van der Waals surface area (Å²) in [6, 6.07) is 8.44. The molecule has 1 fully saturated rings. The molecule has 0 bridgehead atoms. The SMILES string of the molecule is CCNC(=NCc1ccccc1OC)NCC(C)N1CCOCC1. The highest BCUT2D eigenvalue weighted by Gasteiger charge is 2.17. The summed E-state index contributed by atoms with van der Waals surface area (Å²) < 4.78 is 10.8. The second kappa shape index (κ2) is 10.2. The molecule has 1 aromatic carbocycles. The number of guanidine groups is 1. The first-order valence-corrected chi connectivity index (χ1v) is 8.70. The van der Waals surface area contributed by atoms with Crippen molar-refractivity contribution in [1.82, 2.24) is 15.5 Å². The molecule has 1 unspecified atom stereocenters. The van der Waals surface area contributed by atoms with Crippen molar-refractivity contribution < 1.29 is 9.47 Å². The molecule has 6 nitrogen and oxygen atoms in total. The van der Waals surface area contributed by atoms with Crippen molar-refractivity contribution in [2.75, 3.05) is 46.5 Å². The number of hydrogen-bond donors (Lipinski definition) is 2. The summed E-state index contributed by atoms with van der Waals surface area (Å²) >= 11 is 0. The van der Waals surface area contributed by atoms with Crippen LogP contribution in [0.4, 0.5) is 0 Å². The fourth-order valence-electron chi connectivity index (χ4n) is 2.73. The summed E-state index contributed by atoms with van der Waals surface area (Å²) in [6.45, 7) is 10.2. The molecular formula is C18H30N4O2. The van der Waals surface area contributed by atoms with E-state index in [2.05, 4.69) is 34.4 Å². The molecule has 24 heavy (non-hydrogen) atoms. The van der Waals surface area contributed by atoms with Crippen LogP contribution in [0, 0.1) is 0 Å². The number of hydrogen-bond acceptors (Lipinski definition) is 4. The van der Waals surface area contributed by atoms with Gasteiger partial charge in [0.15, 0.2) is 5.96 Å². The van der Waals surface area contributed by atoms with Gasteiger partial charge in [0.1, 0.15) is 5.75 Å². The minimum Gasteiger partial charge on any atom is -0.496 e. The molecule has 1 atom stereocenters. The molecule has 1 aliphatic heterocycles. The van der Waals surface area contributed by atoms with E-state index in [-0.39, 0.29) is 0 Å². The first-order valence-electron chi connectivity index (χ1n) is 8.70. The van der Waals surface area contributed by atoms with Crippen molar-refractivity contribution >= 4 is 5.96 Å². The number of nitrogens with zero attached hydrogens (tertiary/aromatic N) is 2. The fourth-order valence-corrected chi connectivity index (χ4v) is 2.73. The Kier molecular flexibility index (Phi) is 7.85. The monoisotopic (exact) mass is 334 g/mol. The molecule has 1 heterocycles. The zero-order chi connectivity index (χ0) is 17.2. The Bertz CT molecular complexity index is 515. The van der Waals surface area contributed by atoms with Crippen LogP contribution in [0.15, 0.2) is 29.3 Å². The molecule has 1 saturated heterocycles. The maximum atomic E-state index is 5.41. The molecule has 0 amide bonds. The predicted octanol–water partition coefficient (Wildman–Crippen LogP) is 1.47. The van der Waals surface area contributed by atoms with Gasteiger partial charge in [-0.2, -0.15) is 0 Å². The summed E-state index contributed by atoms with van der Waals surface area (Å²) in [5.41, 5.74) is 1.08. The Morgan fingerprint density at radius 1 is 1.29 bits per heavy atom. The van der Waals surface area contributed by atoms with E-state index in [1.54, 1.807) is 7.11 Å². The highest BCUT2D eigenvalue weighted by molar-refractivity contribution is 5.79. The Morgan fingerprint density at radius 2 is 2.04 bits per heavy atom. The second-order valence-corrected chi connectivity index (χ2v) is 5.89. The summed E-state index contributed by atoms with van der Waals surface area (Å²) in [4.78, 5) is 7.13. The Hall–Kier alpha value is -1.79. The summed E-state index contributed by atoms with van der Waals surface area (Å²) in [7, 11) is 1.69. The van der Waals surface area contributed by atoms with Crippen molar-refractivity contribution in [3.8, 4) is 5.75 Å². The Morgan fingerprint density at radius 3 is 2.75 bits per heavy atom. The number of para-hydroxylation sites is 1. The first kappa shape index (κ1) is 18.5. The minimum absolute atomic E-state index is 0.448. The Labute approximate surface area is 145 Å². The average molecular weight is 334 g/mol. The lowest BCUT2D eigenvalue weighted by molar-refractivity contribution is 0.0211. The third-order valence-corrected chi connectivity index (χ3v) is 4.18. The van der Waals surface area contributed by atoms with Crippen LogP contribution in [0.25, 0.3) is 0 Å². The van der Waals surface area contributed by atoms with Gasteiger partial charge in [-0.05, 0) is 19.9 Å². The number of methoxy groups -OCH3 is 1. The lowest BCUT2D eigenvalue weighted by Gasteiger charge is -2.32. The van der Waals surface area contributed by atoms with Gasteiger partial charge in [0.25, 0.3) is 0 Å². The zero-order valence-corrected chi connectivity index (χ0v) is 15.0. The van der Waals surface area contributed by atoms with E-state index < -0.39 is 0 Å². The molecule has 0 aromatic heterocycles. The lowest BCUT2D eigenvalue weighted by atomic mass is 10.2. The highest BCUT2D eigenvalue weighted by atomic mass is 16.5. The predicted molar refractivity (Wildman–Crippen MR) is 97.7 cm³/mol. The molecule has 1 aromatic rings. The zero-order valence-electron chi connectivity index (χ0n) is 15.0. The van der Waals surface area contributed by atoms with E-state index in [1.165, 1.54) is 0 Å². The van der Waals surface area contributed by atoms with Gasteiger partial charge in [-0.3, -0.25) is 4.90 Å². The molecule has 1 aliphatic rings. The quantitative estimate of drug-likeness (QED) is 0.584. The molecule has 2 rings (SSSR count).